The van der Waals surface area contributed by atoms with E-state index in [1.165, 1.54) is 30.6 Å². The van der Waals surface area contributed by atoms with Crippen molar-refractivity contribution in [2.75, 3.05) is 11.9 Å². The summed E-state index contributed by atoms with van der Waals surface area (Å²) in [5, 5.41) is 3.22. The zero-order valence-corrected chi connectivity index (χ0v) is 18.0. The fourth-order valence-electron chi connectivity index (χ4n) is 4.91. The molecule has 3 atom stereocenters. The maximum absolute atomic E-state index is 14.4. The second-order valence-corrected chi connectivity index (χ2v) is 8.62. The standard InChI is InChI=1S/C24H21F4N5O/c25-17-4-2-10-29-21(17)16-3-1-9-30-22(16)23(34)33-13-14-5-7-19(33)18(11-14)32-20-8-6-15(12-31-20)24(26,27)28/h1-4,6,8-10,12,14,18-19H,5,7,11,13H2,(H,31,32)/t14?,18-,19+/m1/s1. The first-order valence-electron chi connectivity index (χ1n) is 11.0. The van der Waals surface area contributed by atoms with E-state index in [4.69, 9.17) is 0 Å². The van der Waals surface area contributed by atoms with Crippen LogP contribution < -0.4 is 5.32 Å². The molecule has 6 rings (SSSR count). The number of fused-ring (bicyclic) bond motifs is 3. The van der Waals surface area contributed by atoms with Gasteiger partial charge in [-0.25, -0.2) is 9.37 Å². The quantitative estimate of drug-likeness (QED) is 0.554. The Morgan fingerprint density at radius 3 is 2.53 bits per heavy atom. The molecule has 0 spiro atoms. The number of rotatable bonds is 4. The SMILES string of the molecule is O=C(c1ncccc1-c1ncccc1F)N1CC2CC[C@H]1[C@H](Nc1ccc(C(F)(F)F)cn1)C2. The maximum Gasteiger partial charge on any atom is 0.417 e. The van der Waals surface area contributed by atoms with Crippen LogP contribution in [0.15, 0.2) is 55.0 Å². The summed E-state index contributed by atoms with van der Waals surface area (Å²) in [6, 6.07) is 7.94. The summed E-state index contributed by atoms with van der Waals surface area (Å²) >= 11 is 0. The second-order valence-electron chi connectivity index (χ2n) is 8.62. The van der Waals surface area contributed by atoms with Gasteiger partial charge in [-0.15, -0.1) is 0 Å². The molecular weight excluding hydrogens is 450 g/mol. The van der Waals surface area contributed by atoms with Crippen LogP contribution in [-0.4, -0.2) is 44.4 Å². The van der Waals surface area contributed by atoms with Crippen molar-refractivity contribution in [1.29, 1.82) is 0 Å². The number of piperidine rings is 2. The van der Waals surface area contributed by atoms with Gasteiger partial charge in [-0.3, -0.25) is 14.8 Å². The van der Waals surface area contributed by atoms with Gasteiger partial charge in [-0.05, 0) is 61.6 Å². The number of carbonyl (C=O) groups excluding carboxylic acids is 1. The van der Waals surface area contributed by atoms with Crippen molar-refractivity contribution >= 4 is 11.7 Å². The molecule has 3 aliphatic rings. The van der Waals surface area contributed by atoms with Crippen LogP contribution in [0.4, 0.5) is 23.4 Å². The lowest BCUT2D eigenvalue weighted by molar-refractivity contribution is -0.137. The molecule has 3 aromatic heterocycles. The van der Waals surface area contributed by atoms with E-state index in [0.717, 1.165) is 31.5 Å². The molecule has 2 aliphatic heterocycles. The van der Waals surface area contributed by atoms with E-state index in [2.05, 4.69) is 20.3 Å². The maximum atomic E-state index is 14.4. The van der Waals surface area contributed by atoms with Gasteiger partial charge >= 0.3 is 6.18 Å². The largest absolute Gasteiger partial charge is 0.417 e. The summed E-state index contributed by atoms with van der Waals surface area (Å²) in [6.07, 6.45) is 1.77. The van der Waals surface area contributed by atoms with Gasteiger partial charge in [0, 0.05) is 36.7 Å². The predicted molar refractivity (Wildman–Crippen MR) is 116 cm³/mol. The van der Waals surface area contributed by atoms with Gasteiger partial charge in [-0.2, -0.15) is 13.2 Å². The molecule has 1 unspecified atom stereocenters. The van der Waals surface area contributed by atoms with Crippen LogP contribution in [-0.2, 0) is 6.18 Å². The topological polar surface area (TPSA) is 71.0 Å². The summed E-state index contributed by atoms with van der Waals surface area (Å²) in [6.45, 7) is 0.544. The molecule has 0 radical (unpaired) electrons. The van der Waals surface area contributed by atoms with Crippen molar-refractivity contribution in [2.24, 2.45) is 5.92 Å². The average Bonchev–Trinajstić information content (AvgIpc) is 2.84. The zero-order valence-electron chi connectivity index (χ0n) is 18.0. The van der Waals surface area contributed by atoms with Crippen LogP contribution >= 0.6 is 0 Å². The number of pyridine rings is 3. The van der Waals surface area contributed by atoms with Crippen LogP contribution in [0.5, 0.6) is 0 Å². The lowest BCUT2D eigenvalue weighted by Crippen LogP contribution is -2.60. The summed E-state index contributed by atoms with van der Waals surface area (Å²) in [4.78, 5) is 27.6. The Morgan fingerprint density at radius 2 is 1.82 bits per heavy atom. The molecule has 1 amide bonds. The highest BCUT2D eigenvalue weighted by Crippen LogP contribution is 2.38. The summed E-state index contributed by atoms with van der Waals surface area (Å²) in [7, 11) is 0. The van der Waals surface area contributed by atoms with Crippen molar-refractivity contribution in [3.8, 4) is 11.3 Å². The second kappa shape index (κ2) is 8.66. The number of hydrogen-bond acceptors (Lipinski definition) is 5. The minimum absolute atomic E-state index is 0.0600. The molecule has 5 heterocycles. The van der Waals surface area contributed by atoms with Gasteiger partial charge in [0.1, 0.15) is 23.0 Å². The Kier molecular flexibility index (Phi) is 5.66. The van der Waals surface area contributed by atoms with E-state index in [-0.39, 0.29) is 35.3 Å². The molecule has 1 N–H and O–H groups in total. The molecule has 1 aliphatic carbocycles. The molecule has 2 saturated heterocycles. The molecule has 2 bridgehead atoms. The number of nitrogens with one attached hydrogen (secondary N) is 1. The highest BCUT2D eigenvalue weighted by atomic mass is 19.4. The highest BCUT2D eigenvalue weighted by molar-refractivity contribution is 5.99. The fraction of sp³-hybridized carbons (Fsp3) is 0.333. The number of carbonyl (C=O) groups is 1. The molecular formula is C24H21F4N5O. The molecule has 1 saturated carbocycles. The van der Waals surface area contributed by atoms with E-state index in [1.54, 1.807) is 17.0 Å². The lowest BCUT2D eigenvalue weighted by atomic mass is 9.76. The first kappa shape index (κ1) is 22.2. The van der Waals surface area contributed by atoms with E-state index >= 15 is 0 Å². The molecule has 10 heteroatoms. The number of aromatic nitrogens is 3. The molecule has 0 aromatic carbocycles. The number of anilines is 1. The van der Waals surface area contributed by atoms with E-state index in [9.17, 15) is 22.4 Å². The minimum Gasteiger partial charge on any atom is -0.365 e. The molecule has 34 heavy (non-hydrogen) atoms. The molecule has 176 valence electrons. The van der Waals surface area contributed by atoms with Crippen LogP contribution in [0.2, 0.25) is 0 Å². The van der Waals surface area contributed by atoms with E-state index < -0.39 is 17.6 Å². The van der Waals surface area contributed by atoms with E-state index in [0.29, 0.717) is 17.9 Å². The third-order valence-electron chi connectivity index (χ3n) is 6.49. The first-order valence-corrected chi connectivity index (χ1v) is 11.0. The van der Waals surface area contributed by atoms with Crippen molar-refractivity contribution in [2.45, 2.75) is 37.5 Å². The monoisotopic (exact) mass is 471 g/mol. The number of halogens is 4. The van der Waals surface area contributed by atoms with Crippen molar-refractivity contribution in [3.63, 3.8) is 0 Å². The van der Waals surface area contributed by atoms with Gasteiger partial charge in [0.25, 0.3) is 5.91 Å². The Bertz CT molecular complexity index is 1200. The number of nitrogens with zero attached hydrogens (tertiary/aromatic N) is 4. The predicted octanol–water partition coefficient (Wildman–Crippen LogP) is 4.80. The minimum atomic E-state index is -4.45. The normalized spacial score (nSPS) is 22.0. The summed E-state index contributed by atoms with van der Waals surface area (Å²) < 4.78 is 52.9. The van der Waals surface area contributed by atoms with Gasteiger partial charge in [0.15, 0.2) is 0 Å². The smallest absolute Gasteiger partial charge is 0.365 e. The van der Waals surface area contributed by atoms with Gasteiger partial charge in [0.05, 0.1) is 11.6 Å². The van der Waals surface area contributed by atoms with Gasteiger partial charge < -0.3 is 10.2 Å². The average molecular weight is 471 g/mol. The molecule has 6 nitrogen and oxygen atoms in total. The lowest BCUT2D eigenvalue weighted by Gasteiger charge is -2.50. The van der Waals surface area contributed by atoms with Gasteiger partial charge in [-0.1, -0.05) is 0 Å². The van der Waals surface area contributed by atoms with Crippen LogP contribution in [0, 0.1) is 11.7 Å². The third-order valence-corrected chi connectivity index (χ3v) is 6.49. The number of hydrogen-bond donors (Lipinski definition) is 1. The Labute approximate surface area is 193 Å². The van der Waals surface area contributed by atoms with Gasteiger partial charge in [0.2, 0.25) is 0 Å². The Balaban J connectivity index is 1.40. The number of alkyl halides is 3. The zero-order chi connectivity index (χ0) is 23.9. The summed E-state index contributed by atoms with van der Waals surface area (Å²) in [5.74, 6) is -0.299. The van der Waals surface area contributed by atoms with Crippen LogP contribution in [0.3, 0.4) is 0 Å². The Morgan fingerprint density at radius 1 is 1.03 bits per heavy atom. The fourth-order valence-corrected chi connectivity index (χ4v) is 4.91. The first-order chi connectivity index (χ1) is 16.3. The highest BCUT2D eigenvalue weighted by Gasteiger charge is 2.44. The summed E-state index contributed by atoms with van der Waals surface area (Å²) in [5.41, 5.74) is -0.311. The third kappa shape index (κ3) is 4.20. The molecule has 3 aromatic rings. The van der Waals surface area contributed by atoms with E-state index in [1.807, 2.05) is 0 Å². The Hall–Kier alpha value is -3.56. The van der Waals surface area contributed by atoms with Crippen molar-refractivity contribution in [3.05, 3.63) is 72.1 Å². The number of amides is 1. The van der Waals surface area contributed by atoms with Crippen molar-refractivity contribution < 1.29 is 22.4 Å². The van der Waals surface area contributed by atoms with Crippen molar-refractivity contribution in [1.82, 2.24) is 19.9 Å². The molecule has 3 fully saturated rings. The van der Waals surface area contributed by atoms with Crippen LogP contribution in [0.1, 0.15) is 35.3 Å². The van der Waals surface area contributed by atoms with Crippen LogP contribution in [0.25, 0.3) is 11.3 Å².